The number of carbonyl (C=O) groups excluding carboxylic acids is 1. The Labute approximate surface area is 77.6 Å². The molecule has 1 rings (SSSR count). The van der Waals surface area contributed by atoms with E-state index in [0.29, 0.717) is 5.56 Å². The molecule has 0 saturated carbocycles. The third-order valence-electron chi connectivity index (χ3n) is 1.98. The van der Waals surface area contributed by atoms with Gasteiger partial charge in [-0.3, -0.25) is 4.79 Å². The van der Waals surface area contributed by atoms with E-state index in [1.807, 2.05) is 0 Å². The highest BCUT2D eigenvalue weighted by molar-refractivity contribution is 5.97. The van der Waals surface area contributed by atoms with Crippen molar-refractivity contribution in [2.24, 2.45) is 5.92 Å². The van der Waals surface area contributed by atoms with Crippen LogP contribution in [0.15, 0.2) is 18.2 Å². The van der Waals surface area contributed by atoms with Crippen molar-refractivity contribution in [3.05, 3.63) is 35.1 Å². The molecule has 0 aliphatic rings. The first-order valence-corrected chi connectivity index (χ1v) is 4.33. The van der Waals surface area contributed by atoms with Crippen molar-refractivity contribution in [2.75, 3.05) is 0 Å². The molecule has 0 N–H and O–H groups in total. The van der Waals surface area contributed by atoms with Gasteiger partial charge in [-0.15, -0.1) is 0 Å². The zero-order valence-corrected chi connectivity index (χ0v) is 8.10. The molecule has 2 heteroatoms. The van der Waals surface area contributed by atoms with Gasteiger partial charge in [0, 0.05) is 5.92 Å². The smallest absolute Gasteiger partial charge is 0.168 e. The number of Topliss-reactive ketones (excluding diaryl/α,β-unsaturated/α-hetero) is 1. The van der Waals surface area contributed by atoms with Crippen LogP contribution in [0.4, 0.5) is 4.39 Å². The number of benzene rings is 1. The minimum absolute atomic E-state index is 0.138. The van der Waals surface area contributed by atoms with Gasteiger partial charge in [-0.25, -0.2) is 4.39 Å². The summed E-state index contributed by atoms with van der Waals surface area (Å²) in [5.41, 5.74) is 0.724. The molecule has 0 bridgehead atoms. The Morgan fingerprint density at radius 2 is 2.00 bits per heavy atom. The van der Waals surface area contributed by atoms with Crippen LogP contribution in [0.2, 0.25) is 0 Å². The fraction of sp³-hybridized carbons (Fsp3) is 0.364. The van der Waals surface area contributed by atoms with E-state index in [0.717, 1.165) is 0 Å². The Balaban J connectivity index is 3.15. The summed E-state index contributed by atoms with van der Waals surface area (Å²) in [5, 5.41) is 0. The maximum absolute atomic E-state index is 13.4. The number of aryl methyl sites for hydroxylation is 1. The minimum atomic E-state index is -0.388. The average Bonchev–Trinajstić information content (AvgIpc) is 2.08. The molecule has 1 aromatic carbocycles. The summed E-state index contributed by atoms with van der Waals surface area (Å²) in [4.78, 5) is 11.5. The van der Waals surface area contributed by atoms with E-state index >= 15 is 0 Å². The Bertz CT molecular complexity index is 329. The van der Waals surface area contributed by atoms with E-state index in [1.165, 1.54) is 6.07 Å². The molecule has 1 nitrogen and oxygen atoms in total. The lowest BCUT2D eigenvalue weighted by Gasteiger charge is -2.06. The summed E-state index contributed by atoms with van der Waals surface area (Å²) < 4.78 is 13.4. The van der Waals surface area contributed by atoms with Crippen molar-refractivity contribution in [1.82, 2.24) is 0 Å². The van der Waals surface area contributed by atoms with Crippen LogP contribution in [0, 0.1) is 18.7 Å². The summed E-state index contributed by atoms with van der Waals surface area (Å²) in [6, 6.07) is 4.89. The minimum Gasteiger partial charge on any atom is -0.294 e. The van der Waals surface area contributed by atoms with Crippen LogP contribution < -0.4 is 0 Å². The highest BCUT2D eigenvalue weighted by atomic mass is 19.1. The van der Waals surface area contributed by atoms with E-state index < -0.39 is 0 Å². The Morgan fingerprint density at radius 1 is 1.38 bits per heavy atom. The molecule has 0 aliphatic heterocycles. The quantitative estimate of drug-likeness (QED) is 0.639. The lowest BCUT2D eigenvalue weighted by Crippen LogP contribution is -2.10. The predicted molar refractivity (Wildman–Crippen MR) is 50.3 cm³/mol. The number of rotatable bonds is 2. The molecule has 0 fully saturated rings. The second-order valence-corrected chi connectivity index (χ2v) is 3.46. The lowest BCUT2D eigenvalue weighted by atomic mass is 9.99. The third kappa shape index (κ3) is 1.94. The second-order valence-electron chi connectivity index (χ2n) is 3.46. The Hall–Kier alpha value is -1.18. The van der Waals surface area contributed by atoms with Crippen molar-refractivity contribution in [3.8, 4) is 0 Å². The lowest BCUT2D eigenvalue weighted by molar-refractivity contribution is 0.0935. The van der Waals surface area contributed by atoms with Gasteiger partial charge in [-0.1, -0.05) is 26.0 Å². The van der Waals surface area contributed by atoms with E-state index in [4.69, 9.17) is 0 Å². The number of ketones is 1. The number of hydrogen-bond acceptors (Lipinski definition) is 1. The largest absolute Gasteiger partial charge is 0.294 e. The van der Waals surface area contributed by atoms with Gasteiger partial charge in [0.1, 0.15) is 5.82 Å². The maximum atomic E-state index is 13.4. The third-order valence-corrected chi connectivity index (χ3v) is 1.98. The van der Waals surface area contributed by atoms with E-state index in [-0.39, 0.29) is 23.1 Å². The van der Waals surface area contributed by atoms with Crippen molar-refractivity contribution in [1.29, 1.82) is 0 Å². The monoisotopic (exact) mass is 180 g/mol. The summed E-state index contributed by atoms with van der Waals surface area (Å²) in [6.45, 7) is 5.20. The fourth-order valence-corrected chi connectivity index (χ4v) is 1.15. The molecule has 0 aliphatic carbocycles. The predicted octanol–water partition coefficient (Wildman–Crippen LogP) is 2.97. The van der Waals surface area contributed by atoms with Gasteiger partial charge >= 0.3 is 0 Å². The average molecular weight is 180 g/mol. The summed E-state index contributed by atoms with van der Waals surface area (Å²) >= 11 is 0. The maximum Gasteiger partial charge on any atom is 0.168 e. The van der Waals surface area contributed by atoms with E-state index in [9.17, 15) is 9.18 Å². The first-order valence-electron chi connectivity index (χ1n) is 4.33. The van der Waals surface area contributed by atoms with Crippen molar-refractivity contribution >= 4 is 5.78 Å². The van der Waals surface area contributed by atoms with Crippen LogP contribution in [0.25, 0.3) is 0 Å². The fourth-order valence-electron chi connectivity index (χ4n) is 1.15. The van der Waals surface area contributed by atoms with Crippen LogP contribution >= 0.6 is 0 Å². The van der Waals surface area contributed by atoms with Gasteiger partial charge in [0.15, 0.2) is 5.78 Å². The SMILES string of the molecule is Cc1cccc(C(=O)C(C)C)c1F. The van der Waals surface area contributed by atoms with Gasteiger partial charge in [0.25, 0.3) is 0 Å². The molecular weight excluding hydrogens is 167 g/mol. The molecule has 0 saturated heterocycles. The Morgan fingerprint density at radius 3 is 2.54 bits per heavy atom. The molecular formula is C11H13FO. The molecule has 70 valence electrons. The standard InChI is InChI=1S/C11H13FO/c1-7(2)11(13)9-6-4-5-8(3)10(9)12/h4-7H,1-3H3. The summed E-state index contributed by atoms with van der Waals surface area (Å²) in [7, 11) is 0. The molecule has 0 radical (unpaired) electrons. The summed E-state index contributed by atoms with van der Waals surface area (Å²) in [5.74, 6) is -0.682. The number of carbonyl (C=O) groups is 1. The van der Waals surface area contributed by atoms with Crippen molar-refractivity contribution < 1.29 is 9.18 Å². The number of halogens is 1. The van der Waals surface area contributed by atoms with Crippen molar-refractivity contribution in [3.63, 3.8) is 0 Å². The van der Waals surface area contributed by atoms with E-state index in [2.05, 4.69) is 0 Å². The highest BCUT2D eigenvalue weighted by Gasteiger charge is 2.15. The topological polar surface area (TPSA) is 17.1 Å². The first-order chi connectivity index (χ1) is 6.04. The molecule has 1 aromatic rings. The molecule has 0 aromatic heterocycles. The van der Waals surface area contributed by atoms with Gasteiger partial charge in [0.05, 0.1) is 5.56 Å². The Kier molecular flexibility index (Phi) is 2.81. The van der Waals surface area contributed by atoms with Gasteiger partial charge < -0.3 is 0 Å². The van der Waals surface area contributed by atoms with Crippen molar-refractivity contribution in [2.45, 2.75) is 20.8 Å². The zero-order chi connectivity index (χ0) is 10.0. The van der Waals surface area contributed by atoms with Crippen LogP contribution in [0.5, 0.6) is 0 Å². The van der Waals surface area contributed by atoms with Gasteiger partial charge in [0.2, 0.25) is 0 Å². The highest BCUT2D eigenvalue weighted by Crippen LogP contribution is 2.15. The van der Waals surface area contributed by atoms with Crippen LogP contribution in [0.1, 0.15) is 29.8 Å². The van der Waals surface area contributed by atoms with E-state index in [1.54, 1.807) is 32.9 Å². The van der Waals surface area contributed by atoms with Crippen LogP contribution in [-0.4, -0.2) is 5.78 Å². The van der Waals surface area contributed by atoms with Gasteiger partial charge in [-0.2, -0.15) is 0 Å². The molecule has 0 atom stereocenters. The van der Waals surface area contributed by atoms with Crippen LogP contribution in [0.3, 0.4) is 0 Å². The van der Waals surface area contributed by atoms with Gasteiger partial charge in [-0.05, 0) is 18.6 Å². The summed E-state index contributed by atoms with van der Waals surface area (Å²) in [6.07, 6.45) is 0. The molecule has 0 amide bonds. The number of hydrogen-bond donors (Lipinski definition) is 0. The zero-order valence-electron chi connectivity index (χ0n) is 8.10. The molecule has 13 heavy (non-hydrogen) atoms. The van der Waals surface area contributed by atoms with Crippen LogP contribution in [-0.2, 0) is 0 Å². The first kappa shape index (κ1) is 9.90. The molecule has 0 unspecified atom stereocenters. The normalized spacial score (nSPS) is 10.5. The molecule has 0 spiro atoms. The second kappa shape index (κ2) is 3.69. The molecule has 0 heterocycles.